The predicted octanol–water partition coefficient (Wildman–Crippen LogP) is -0.435. The number of nitrogens with one attached hydrogen (secondary N) is 1. The zero-order chi connectivity index (χ0) is 19.4. The molecule has 8 nitrogen and oxygen atoms in total. The molecule has 0 radical (unpaired) electrons. The van der Waals surface area contributed by atoms with Crippen LogP contribution in [-0.4, -0.2) is 87.3 Å². The van der Waals surface area contributed by atoms with Gasteiger partial charge in [-0.1, -0.05) is 18.2 Å². The summed E-state index contributed by atoms with van der Waals surface area (Å²) in [5, 5.41) is 20.2. The zero-order valence-electron chi connectivity index (χ0n) is 15.4. The van der Waals surface area contributed by atoms with Crippen LogP contribution in [0.15, 0.2) is 35.2 Å². The second-order valence-electron chi connectivity index (χ2n) is 7.03. The summed E-state index contributed by atoms with van der Waals surface area (Å²) in [6.07, 6.45) is -0.260. The minimum absolute atomic E-state index is 0.0195. The van der Waals surface area contributed by atoms with E-state index >= 15 is 0 Å². The minimum Gasteiger partial charge on any atom is -0.394 e. The maximum atomic E-state index is 12.5. The summed E-state index contributed by atoms with van der Waals surface area (Å²) in [5.41, 5.74) is 0. The monoisotopic (exact) mass is 400 g/mol. The Morgan fingerprint density at radius 3 is 2.70 bits per heavy atom. The second kappa shape index (κ2) is 8.95. The van der Waals surface area contributed by atoms with Crippen LogP contribution in [0.25, 0.3) is 0 Å². The van der Waals surface area contributed by atoms with Crippen molar-refractivity contribution in [3.05, 3.63) is 30.3 Å². The van der Waals surface area contributed by atoms with Crippen molar-refractivity contribution in [1.82, 2.24) is 9.62 Å². The molecule has 27 heavy (non-hydrogen) atoms. The SMILES string of the molecule is COC[C@@H]1CCCN1[C@H]1[C@H](O)[C@H](CO)O[C@@H]1CNS(=O)(=O)c1ccccc1. The van der Waals surface area contributed by atoms with Crippen LogP contribution < -0.4 is 4.72 Å². The molecule has 0 saturated carbocycles. The third-order valence-electron chi connectivity index (χ3n) is 5.33. The van der Waals surface area contributed by atoms with Gasteiger partial charge in [-0.3, -0.25) is 4.90 Å². The van der Waals surface area contributed by atoms with Crippen LogP contribution in [0.5, 0.6) is 0 Å². The second-order valence-corrected chi connectivity index (χ2v) is 8.80. The van der Waals surface area contributed by atoms with Gasteiger partial charge in [0.15, 0.2) is 0 Å². The molecule has 0 unspecified atom stereocenters. The van der Waals surface area contributed by atoms with Crippen LogP contribution >= 0.6 is 0 Å². The summed E-state index contributed by atoms with van der Waals surface area (Å²) >= 11 is 0. The van der Waals surface area contributed by atoms with Gasteiger partial charge in [0.05, 0.1) is 30.3 Å². The van der Waals surface area contributed by atoms with E-state index in [1.165, 1.54) is 12.1 Å². The summed E-state index contributed by atoms with van der Waals surface area (Å²) < 4.78 is 38.7. The Morgan fingerprint density at radius 2 is 2.04 bits per heavy atom. The Labute approximate surface area is 160 Å². The van der Waals surface area contributed by atoms with Gasteiger partial charge in [-0.2, -0.15) is 0 Å². The topological polar surface area (TPSA) is 108 Å². The molecule has 9 heteroatoms. The first-order valence-electron chi connectivity index (χ1n) is 9.21. The maximum absolute atomic E-state index is 12.5. The molecule has 152 valence electrons. The molecule has 0 spiro atoms. The van der Waals surface area contributed by atoms with Crippen molar-refractivity contribution in [2.75, 3.05) is 33.4 Å². The standard InChI is InChI=1S/C18H28N2O6S/c1-25-12-13-6-5-9-20(13)17-15(26-16(11-21)18(17)22)10-19-27(23,24)14-7-3-2-4-8-14/h2-4,7-8,13,15-19,21-22H,5-6,9-12H2,1H3/t13-,15+,16-,17+,18+/m0/s1. The minimum atomic E-state index is -3.68. The van der Waals surface area contributed by atoms with Gasteiger partial charge in [-0.15, -0.1) is 0 Å². The van der Waals surface area contributed by atoms with Crippen molar-refractivity contribution in [1.29, 1.82) is 0 Å². The number of likely N-dealkylation sites (tertiary alicyclic amines) is 1. The number of aliphatic hydroxyl groups is 2. The van der Waals surface area contributed by atoms with E-state index in [4.69, 9.17) is 9.47 Å². The van der Waals surface area contributed by atoms with Gasteiger partial charge >= 0.3 is 0 Å². The first-order valence-corrected chi connectivity index (χ1v) is 10.7. The zero-order valence-corrected chi connectivity index (χ0v) is 16.2. The van der Waals surface area contributed by atoms with Gasteiger partial charge in [-0.25, -0.2) is 13.1 Å². The molecule has 2 fully saturated rings. The molecule has 2 aliphatic rings. The van der Waals surface area contributed by atoms with Crippen LogP contribution in [0.4, 0.5) is 0 Å². The highest BCUT2D eigenvalue weighted by atomic mass is 32.2. The largest absolute Gasteiger partial charge is 0.394 e. The lowest BCUT2D eigenvalue weighted by molar-refractivity contribution is -0.0201. The van der Waals surface area contributed by atoms with Crippen LogP contribution in [0.2, 0.25) is 0 Å². The van der Waals surface area contributed by atoms with Gasteiger partial charge in [0.2, 0.25) is 10.0 Å². The number of nitrogens with zero attached hydrogens (tertiary/aromatic N) is 1. The maximum Gasteiger partial charge on any atom is 0.240 e. The number of aliphatic hydroxyl groups excluding tert-OH is 2. The van der Waals surface area contributed by atoms with Crippen molar-refractivity contribution in [3.63, 3.8) is 0 Å². The Balaban J connectivity index is 1.74. The summed E-state index contributed by atoms with van der Waals surface area (Å²) in [7, 11) is -2.04. The number of methoxy groups -OCH3 is 1. The molecule has 0 amide bonds. The Bertz CT molecular complexity index is 701. The number of sulfonamides is 1. The van der Waals surface area contributed by atoms with E-state index in [0.29, 0.717) is 6.61 Å². The van der Waals surface area contributed by atoms with Crippen molar-refractivity contribution in [2.24, 2.45) is 0 Å². The van der Waals surface area contributed by atoms with Crippen LogP contribution in [0, 0.1) is 0 Å². The van der Waals surface area contributed by atoms with E-state index in [1.807, 2.05) is 0 Å². The molecular formula is C18H28N2O6S. The fourth-order valence-corrected chi connectivity index (χ4v) is 5.12. The number of benzene rings is 1. The molecule has 0 aliphatic carbocycles. The van der Waals surface area contributed by atoms with E-state index in [2.05, 4.69) is 9.62 Å². The highest BCUT2D eigenvalue weighted by Crippen LogP contribution is 2.31. The molecule has 1 aromatic carbocycles. The van der Waals surface area contributed by atoms with Gasteiger partial charge in [0, 0.05) is 19.7 Å². The first-order chi connectivity index (χ1) is 13.0. The van der Waals surface area contributed by atoms with Gasteiger partial charge in [-0.05, 0) is 31.5 Å². The number of hydrogen-bond acceptors (Lipinski definition) is 7. The van der Waals surface area contributed by atoms with Crippen molar-refractivity contribution < 1.29 is 28.1 Å². The smallest absolute Gasteiger partial charge is 0.240 e. The summed E-state index contributed by atoms with van der Waals surface area (Å²) in [6.45, 7) is 1.02. The Kier molecular flexibility index (Phi) is 6.85. The quantitative estimate of drug-likeness (QED) is 0.543. The lowest BCUT2D eigenvalue weighted by Gasteiger charge is -2.34. The summed E-state index contributed by atoms with van der Waals surface area (Å²) in [5.74, 6) is 0. The fourth-order valence-electron chi connectivity index (χ4n) is 4.05. The molecule has 2 saturated heterocycles. The average Bonchev–Trinajstić information content (AvgIpc) is 3.24. The van der Waals surface area contributed by atoms with Gasteiger partial charge in [0.1, 0.15) is 12.2 Å². The normalized spacial score (nSPS) is 32.2. The molecule has 5 atom stereocenters. The lowest BCUT2D eigenvalue weighted by atomic mass is 10.0. The fraction of sp³-hybridized carbons (Fsp3) is 0.667. The van der Waals surface area contributed by atoms with Gasteiger partial charge < -0.3 is 19.7 Å². The highest BCUT2D eigenvalue weighted by Gasteiger charge is 2.49. The van der Waals surface area contributed by atoms with Gasteiger partial charge in [0.25, 0.3) is 0 Å². The van der Waals surface area contributed by atoms with E-state index in [9.17, 15) is 18.6 Å². The van der Waals surface area contributed by atoms with Crippen LogP contribution in [-0.2, 0) is 19.5 Å². The number of ether oxygens (including phenoxy) is 2. The molecule has 3 N–H and O–H groups in total. The van der Waals surface area contributed by atoms with E-state index in [1.54, 1.807) is 25.3 Å². The molecule has 2 aliphatic heterocycles. The predicted molar refractivity (Wildman–Crippen MR) is 98.8 cm³/mol. The van der Waals surface area contributed by atoms with Crippen molar-refractivity contribution >= 4 is 10.0 Å². The number of hydrogen-bond donors (Lipinski definition) is 3. The van der Waals surface area contributed by atoms with Crippen LogP contribution in [0.3, 0.4) is 0 Å². The third-order valence-corrected chi connectivity index (χ3v) is 6.77. The van der Waals surface area contributed by atoms with Crippen molar-refractivity contribution in [3.8, 4) is 0 Å². The lowest BCUT2D eigenvalue weighted by Crippen LogP contribution is -2.53. The molecule has 3 rings (SSSR count). The third kappa shape index (κ3) is 4.51. The highest BCUT2D eigenvalue weighted by molar-refractivity contribution is 7.89. The Morgan fingerprint density at radius 1 is 1.30 bits per heavy atom. The molecule has 0 aromatic heterocycles. The molecule has 0 bridgehead atoms. The van der Waals surface area contributed by atoms with Crippen molar-refractivity contribution in [2.45, 2.75) is 48.1 Å². The van der Waals surface area contributed by atoms with E-state index in [0.717, 1.165) is 19.4 Å². The molecular weight excluding hydrogens is 372 g/mol. The molecule has 2 heterocycles. The summed E-state index contributed by atoms with van der Waals surface area (Å²) in [4.78, 5) is 2.31. The van der Waals surface area contributed by atoms with E-state index < -0.39 is 34.4 Å². The number of rotatable bonds is 8. The Hall–Kier alpha value is -1.07. The summed E-state index contributed by atoms with van der Waals surface area (Å²) in [6, 6.07) is 7.86. The van der Waals surface area contributed by atoms with Crippen LogP contribution in [0.1, 0.15) is 12.8 Å². The average molecular weight is 400 g/mol. The molecule has 1 aromatic rings. The van der Waals surface area contributed by atoms with E-state index in [-0.39, 0.29) is 24.1 Å². The first kappa shape index (κ1) is 20.7.